The van der Waals surface area contributed by atoms with Crippen LogP contribution in [0.2, 0.25) is 0 Å². The van der Waals surface area contributed by atoms with E-state index in [1.54, 1.807) is 6.07 Å². The topological polar surface area (TPSA) is 67.6 Å². The number of carbonyl (C=O) groups excluding carboxylic acids is 1. The summed E-state index contributed by atoms with van der Waals surface area (Å²) >= 11 is 0. The van der Waals surface area contributed by atoms with Crippen molar-refractivity contribution in [1.82, 2.24) is 10.3 Å². The minimum atomic E-state index is -0.0780. The third kappa shape index (κ3) is 2.43. The number of amides is 1. The number of aromatic nitrogens is 1. The highest BCUT2D eigenvalue weighted by atomic mass is 16.5. The van der Waals surface area contributed by atoms with Crippen LogP contribution in [0.3, 0.4) is 0 Å². The van der Waals surface area contributed by atoms with Crippen LogP contribution in [0.4, 0.5) is 5.82 Å². The predicted molar refractivity (Wildman–Crippen MR) is 96.0 cm³/mol. The van der Waals surface area contributed by atoms with Crippen molar-refractivity contribution < 1.29 is 13.9 Å². The lowest BCUT2D eigenvalue weighted by Gasteiger charge is -2.29. The summed E-state index contributed by atoms with van der Waals surface area (Å²) in [5, 5.41) is 3.07. The molecule has 3 aliphatic rings. The summed E-state index contributed by atoms with van der Waals surface area (Å²) < 4.78 is 11.5. The van der Waals surface area contributed by atoms with Gasteiger partial charge in [0.25, 0.3) is 5.91 Å². The molecule has 1 amide bonds. The summed E-state index contributed by atoms with van der Waals surface area (Å²) in [6, 6.07) is 7.85. The van der Waals surface area contributed by atoms with E-state index in [2.05, 4.69) is 27.3 Å². The van der Waals surface area contributed by atoms with Crippen molar-refractivity contribution in [3.8, 4) is 0 Å². The molecule has 3 saturated heterocycles. The second kappa shape index (κ2) is 5.84. The van der Waals surface area contributed by atoms with Gasteiger partial charge in [-0.2, -0.15) is 0 Å². The van der Waals surface area contributed by atoms with Crippen LogP contribution < -0.4 is 10.2 Å². The molecule has 2 aromatic heterocycles. The number of ether oxygens (including phenoxy) is 1. The zero-order chi connectivity index (χ0) is 17.7. The van der Waals surface area contributed by atoms with Gasteiger partial charge in [0, 0.05) is 37.2 Å². The van der Waals surface area contributed by atoms with Gasteiger partial charge in [0.05, 0.1) is 23.5 Å². The summed E-state index contributed by atoms with van der Waals surface area (Å²) in [5.41, 5.74) is 1.54. The van der Waals surface area contributed by atoms with E-state index < -0.39 is 0 Å². The molecule has 2 bridgehead atoms. The van der Waals surface area contributed by atoms with E-state index in [1.807, 2.05) is 13.0 Å². The van der Waals surface area contributed by atoms with E-state index in [9.17, 15) is 4.79 Å². The molecule has 3 aliphatic heterocycles. The smallest absolute Gasteiger partial charge is 0.254 e. The standard InChI is InChI=1S/C20H23N3O3/c1-13-3-2-4-18(22-13)23-10-16-15(17-5-7-20(16,12-23)26-17)9-21-19(24)14-6-8-25-11-14/h2-4,6,8,11,15-17H,5,7,9-10,12H2,1H3,(H,21,24)/t15-,16+,17+,20+/m0/s1. The van der Waals surface area contributed by atoms with Gasteiger partial charge < -0.3 is 19.4 Å². The van der Waals surface area contributed by atoms with Crippen molar-refractivity contribution in [3.05, 3.63) is 48.0 Å². The lowest BCUT2D eigenvalue weighted by atomic mass is 9.73. The first-order valence-electron chi connectivity index (χ1n) is 9.31. The lowest BCUT2D eigenvalue weighted by molar-refractivity contribution is 0.0141. The molecule has 0 aliphatic carbocycles. The summed E-state index contributed by atoms with van der Waals surface area (Å²) in [6.07, 6.45) is 5.45. The van der Waals surface area contributed by atoms with Crippen LogP contribution in [0, 0.1) is 18.8 Å². The Balaban J connectivity index is 1.31. The van der Waals surface area contributed by atoms with E-state index >= 15 is 0 Å². The second-order valence-corrected chi connectivity index (χ2v) is 7.77. The van der Waals surface area contributed by atoms with E-state index in [4.69, 9.17) is 9.15 Å². The fourth-order valence-corrected chi connectivity index (χ4v) is 5.05. The molecular formula is C20H23N3O3. The van der Waals surface area contributed by atoms with Gasteiger partial charge in [0.15, 0.2) is 0 Å². The fourth-order valence-electron chi connectivity index (χ4n) is 5.05. The monoisotopic (exact) mass is 353 g/mol. The van der Waals surface area contributed by atoms with Crippen molar-refractivity contribution in [1.29, 1.82) is 0 Å². The molecule has 6 nitrogen and oxygen atoms in total. The molecule has 26 heavy (non-hydrogen) atoms. The Hall–Kier alpha value is -2.34. The van der Waals surface area contributed by atoms with Gasteiger partial charge in [0.2, 0.25) is 0 Å². The molecule has 0 radical (unpaired) electrons. The van der Waals surface area contributed by atoms with Crippen molar-refractivity contribution in [2.45, 2.75) is 31.5 Å². The number of pyridine rings is 1. The number of carbonyl (C=O) groups is 1. The molecule has 136 valence electrons. The van der Waals surface area contributed by atoms with Gasteiger partial charge in [-0.1, -0.05) is 6.07 Å². The predicted octanol–water partition coefficient (Wildman–Crippen LogP) is 2.40. The normalized spacial score (nSPS) is 32.0. The molecule has 0 unspecified atom stereocenters. The zero-order valence-electron chi connectivity index (χ0n) is 14.9. The van der Waals surface area contributed by atoms with Crippen LogP contribution in [0.25, 0.3) is 0 Å². The Morgan fingerprint density at radius 1 is 1.42 bits per heavy atom. The first kappa shape index (κ1) is 15.9. The molecule has 4 atom stereocenters. The van der Waals surface area contributed by atoms with Crippen LogP contribution in [0.15, 0.2) is 41.2 Å². The van der Waals surface area contributed by atoms with E-state index in [0.29, 0.717) is 23.9 Å². The van der Waals surface area contributed by atoms with Crippen LogP contribution in [0.1, 0.15) is 28.9 Å². The van der Waals surface area contributed by atoms with E-state index in [-0.39, 0.29) is 17.6 Å². The molecule has 1 N–H and O–H groups in total. The molecule has 0 saturated carbocycles. The maximum Gasteiger partial charge on any atom is 0.254 e. The molecule has 1 spiro atoms. The minimum absolute atomic E-state index is 0.0683. The zero-order valence-corrected chi connectivity index (χ0v) is 14.9. The van der Waals surface area contributed by atoms with Crippen LogP contribution in [-0.2, 0) is 4.74 Å². The second-order valence-electron chi connectivity index (χ2n) is 7.77. The Kier molecular flexibility index (Phi) is 3.57. The lowest BCUT2D eigenvalue weighted by Crippen LogP contribution is -2.41. The summed E-state index contributed by atoms with van der Waals surface area (Å²) in [4.78, 5) is 19.3. The first-order valence-corrected chi connectivity index (χ1v) is 9.31. The number of fused-ring (bicyclic) bond motifs is 1. The Bertz CT molecular complexity index is 821. The minimum Gasteiger partial charge on any atom is -0.472 e. The average Bonchev–Trinajstić information content (AvgIpc) is 3.39. The fraction of sp³-hybridized carbons (Fsp3) is 0.500. The van der Waals surface area contributed by atoms with E-state index in [1.165, 1.54) is 12.5 Å². The maximum absolute atomic E-state index is 12.3. The first-order chi connectivity index (χ1) is 12.6. The van der Waals surface area contributed by atoms with E-state index in [0.717, 1.165) is 37.4 Å². The Morgan fingerprint density at radius 3 is 3.15 bits per heavy atom. The largest absolute Gasteiger partial charge is 0.472 e. The third-order valence-corrected chi connectivity index (χ3v) is 6.26. The van der Waals surface area contributed by atoms with Crippen LogP contribution >= 0.6 is 0 Å². The van der Waals surface area contributed by atoms with Gasteiger partial charge in [-0.05, 0) is 38.0 Å². The van der Waals surface area contributed by atoms with Gasteiger partial charge >= 0.3 is 0 Å². The number of nitrogens with zero attached hydrogens (tertiary/aromatic N) is 2. The number of furan rings is 1. The summed E-state index contributed by atoms with van der Waals surface area (Å²) in [7, 11) is 0. The van der Waals surface area contributed by atoms with Crippen LogP contribution in [0.5, 0.6) is 0 Å². The van der Waals surface area contributed by atoms with Gasteiger partial charge in [-0.25, -0.2) is 4.98 Å². The molecular weight excluding hydrogens is 330 g/mol. The highest BCUT2D eigenvalue weighted by molar-refractivity contribution is 5.93. The highest BCUT2D eigenvalue weighted by Gasteiger charge is 2.63. The summed E-state index contributed by atoms with van der Waals surface area (Å²) in [6.45, 7) is 4.52. The maximum atomic E-state index is 12.3. The van der Waals surface area contributed by atoms with Crippen molar-refractivity contribution >= 4 is 11.7 Å². The van der Waals surface area contributed by atoms with Crippen molar-refractivity contribution in [2.75, 3.05) is 24.5 Å². The Labute approximate surface area is 152 Å². The number of anilines is 1. The Morgan fingerprint density at radius 2 is 2.35 bits per heavy atom. The molecule has 5 heterocycles. The molecule has 3 fully saturated rings. The molecule has 6 heteroatoms. The van der Waals surface area contributed by atoms with Gasteiger partial charge in [-0.3, -0.25) is 4.79 Å². The molecule has 0 aromatic carbocycles. The highest BCUT2D eigenvalue weighted by Crippen LogP contribution is 2.55. The number of rotatable bonds is 4. The van der Waals surface area contributed by atoms with Crippen molar-refractivity contribution in [2.24, 2.45) is 11.8 Å². The third-order valence-electron chi connectivity index (χ3n) is 6.26. The average molecular weight is 353 g/mol. The van der Waals surface area contributed by atoms with Crippen molar-refractivity contribution in [3.63, 3.8) is 0 Å². The number of hydrogen-bond donors (Lipinski definition) is 1. The number of hydrogen-bond acceptors (Lipinski definition) is 5. The quantitative estimate of drug-likeness (QED) is 0.914. The molecule has 2 aromatic rings. The van der Waals surface area contributed by atoms with Gasteiger partial charge in [0.1, 0.15) is 12.1 Å². The number of nitrogens with one attached hydrogen (secondary N) is 1. The SMILES string of the molecule is Cc1cccc(N2C[C@@H]3[C@H](CNC(=O)c4ccoc4)[C@H]4CC[C@]3(C2)O4)n1. The van der Waals surface area contributed by atoms with Gasteiger partial charge in [-0.15, -0.1) is 0 Å². The number of aryl methyl sites for hydroxylation is 1. The summed E-state index contributed by atoms with van der Waals surface area (Å²) in [5.74, 6) is 1.75. The molecule has 5 rings (SSSR count). The van der Waals surface area contributed by atoms with Crippen LogP contribution in [-0.4, -0.2) is 42.2 Å².